The summed E-state index contributed by atoms with van der Waals surface area (Å²) < 4.78 is 63.8. The molecule has 0 aromatic heterocycles. The first kappa shape index (κ1) is 10.6. The van der Waals surface area contributed by atoms with Gasteiger partial charge in [-0.15, -0.1) is 0 Å². The maximum absolute atomic E-state index is 13.0. The van der Waals surface area contributed by atoms with Crippen LogP contribution in [0.4, 0.5) is 17.6 Å². The van der Waals surface area contributed by atoms with E-state index in [1.54, 1.807) is 0 Å². The summed E-state index contributed by atoms with van der Waals surface area (Å²) in [5, 5.41) is 0. The fourth-order valence-electron chi connectivity index (χ4n) is 1.08. The monoisotopic (exact) mass is 336 g/mol. The van der Waals surface area contributed by atoms with E-state index >= 15 is 0 Å². The van der Waals surface area contributed by atoms with E-state index < -0.39 is 59.0 Å². The molecule has 0 bridgehead atoms. The Hall–Kier alpha value is -0.900. The number of halogens is 5. The molecule has 0 unspecified atom stereocenters. The average molecular weight is 336 g/mol. The van der Waals surface area contributed by atoms with Crippen LogP contribution < -0.4 is 0 Å². The van der Waals surface area contributed by atoms with E-state index in [0.29, 0.717) is 0 Å². The molecule has 1 N–H and O–H groups in total. The topological polar surface area (TPSA) is 46.5 Å². The van der Waals surface area contributed by atoms with Gasteiger partial charge in [0.25, 0.3) is 0 Å². The van der Waals surface area contributed by atoms with Crippen LogP contribution >= 0.6 is 20.6 Å². The van der Waals surface area contributed by atoms with Crippen molar-refractivity contribution in [2.24, 2.45) is 0 Å². The zero-order chi connectivity index (χ0) is 11.3. The number of hydrogen-bond acceptors (Lipinski definition) is 3. The first-order chi connectivity index (χ1) is 6.95. The van der Waals surface area contributed by atoms with Crippen LogP contribution in [0.3, 0.4) is 0 Å². The van der Waals surface area contributed by atoms with Gasteiger partial charge in [-0.3, -0.25) is 0 Å². The number of rotatable bonds is 0. The number of fused-ring (bicyclic) bond motifs is 1. The Morgan fingerprint density at radius 3 is 2.13 bits per heavy atom. The fourth-order valence-corrected chi connectivity index (χ4v) is 3.46. The van der Waals surface area contributed by atoms with Gasteiger partial charge in [-0.1, -0.05) is 0 Å². The molecule has 1 aromatic rings. The van der Waals surface area contributed by atoms with E-state index in [4.69, 9.17) is 3.44 Å². The summed E-state index contributed by atoms with van der Waals surface area (Å²) in [7, 11) is 0. The second kappa shape index (κ2) is 3.30. The second-order valence-electron chi connectivity index (χ2n) is 2.54. The molecule has 3 nitrogen and oxygen atoms in total. The molecule has 0 spiro atoms. The van der Waals surface area contributed by atoms with Crippen LogP contribution in [-0.2, 0) is 3.07 Å². The van der Waals surface area contributed by atoms with Crippen molar-refractivity contribution in [3.63, 3.8) is 0 Å². The molecule has 1 aliphatic heterocycles. The van der Waals surface area contributed by atoms with E-state index in [0.717, 1.165) is 0 Å². The Labute approximate surface area is 88.1 Å². The molecule has 2 rings (SSSR count). The molecule has 0 amide bonds. The van der Waals surface area contributed by atoms with E-state index in [-0.39, 0.29) is 0 Å². The first-order valence-electron chi connectivity index (χ1n) is 3.43. The Morgan fingerprint density at radius 2 is 1.53 bits per heavy atom. The molecule has 0 atom stereocenters. The summed E-state index contributed by atoms with van der Waals surface area (Å²) in [6.45, 7) is 0. The minimum absolute atomic E-state index is 0.861. The van der Waals surface area contributed by atoms with Crippen molar-refractivity contribution in [3.05, 3.63) is 32.4 Å². The molecule has 1 heterocycles. The molecule has 0 saturated heterocycles. The molecule has 1 aliphatic rings. The Balaban J connectivity index is 2.86. The predicted molar refractivity (Wildman–Crippen MR) is 46.6 cm³/mol. The second-order valence-corrected chi connectivity index (χ2v) is 5.38. The van der Waals surface area contributed by atoms with Crippen molar-refractivity contribution < 1.29 is 28.9 Å². The Kier molecular flexibility index (Phi) is 2.34. The Morgan fingerprint density at radius 1 is 1.00 bits per heavy atom. The number of hydrogen-bond donors (Lipinski definition) is 1. The third-order valence-electron chi connectivity index (χ3n) is 1.72. The quantitative estimate of drug-likeness (QED) is 0.341. The van der Waals surface area contributed by atoms with E-state index in [2.05, 4.69) is 3.07 Å². The summed E-state index contributed by atoms with van der Waals surface area (Å²) in [6.07, 6.45) is 0. The van der Waals surface area contributed by atoms with Gasteiger partial charge in [0.05, 0.1) is 0 Å². The van der Waals surface area contributed by atoms with Crippen molar-refractivity contribution in [1.29, 1.82) is 0 Å². The van der Waals surface area contributed by atoms with Gasteiger partial charge in [0.2, 0.25) is 0 Å². The van der Waals surface area contributed by atoms with Crippen molar-refractivity contribution in [2.75, 3.05) is 0 Å². The van der Waals surface area contributed by atoms with Crippen LogP contribution in [0.15, 0.2) is 0 Å². The van der Waals surface area contributed by atoms with Gasteiger partial charge in [0.15, 0.2) is 0 Å². The SMILES string of the molecule is O=C1OI(O)c2c(F)c(F)c(F)c(F)c21. The van der Waals surface area contributed by atoms with Gasteiger partial charge < -0.3 is 0 Å². The van der Waals surface area contributed by atoms with E-state index in [1.165, 1.54) is 0 Å². The Bertz CT molecular complexity index is 476. The summed E-state index contributed by atoms with van der Waals surface area (Å²) in [6, 6.07) is 0. The number of benzene rings is 1. The van der Waals surface area contributed by atoms with Crippen molar-refractivity contribution in [2.45, 2.75) is 0 Å². The fraction of sp³-hybridized carbons (Fsp3) is 0. The molecule has 0 radical (unpaired) electrons. The van der Waals surface area contributed by atoms with E-state index in [9.17, 15) is 22.4 Å². The van der Waals surface area contributed by atoms with Gasteiger partial charge >= 0.3 is 87.9 Å². The molecule has 15 heavy (non-hydrogen) atoms. The summed E-state index contributed by atoms with van der Waals surface area (Å²) in [5.74, 6) is -9.10. The molecular weight excluding hydrogens is 335 g/mol. The predicted octanol–water partition coefficient (Wildman–Crippen LogP) is 1.91. The normalized spacial score (nSPS) is 16.6. The van der Waals surface area contributed by atoms with Crippen LogP contribution in [0, 0.1) is 26.8 Å². The standard InChI is InChI=1S/C7HF4IO3/c8-2-1-6(12(14)15-7(1)13)5(11)4(10)3(2)9/h14H. The molecule has 82 valence electrons. The number of carbonyl (C=O) groups is 1. The van der Waals surface area contributed by atoms with Gasteiger partial charge in [-0.25, -0.2) is 0 Å². The maximum atomic E-state index is 13.0. The molecule has 8 heteroatoms. The van der Waals surface area contributed by atoms with Gasteiger partial charge in [-0.05, 0) is 0 Å². The minimum atomic E-state index is -3.67. The molecular formula is C7HF4IO3. The molecule has 0 fully saturated rings. The third kappa shape index (κ3) is 1.31. The van der Waals surface area contributed by atoms with Crippen molar-refractivity contribution >= 4 is 26.6 Å². The van der Waals surface area contributed by atoms with Crippen molar-refractivity contribution in [1.82, 2.24) is 0 Å². The zero-order valence-electron chi connectivity index (χ0n) is 6.65. The van der Waals surface area contributed by atoms with Crippen LogP contribution in [0.2, 0.25) is 0 Å². The van der Waals surface area contributed by atoms with Crippen LogP contribution in [0.1, 0.15) is 10.4 Å². The first-order valence-corrected chi connectivity index (χ1v) is 6.35. The van der Waals surface area contributed by atoms with Crippen LogP contribution in [-0.4, -0.2) is 9.41 Å². The zero-order valence-corrected chi connectivity index (χ0v) is 8.81. The summed E-state index contributed by atoms with van der Waals surface area (Å²) >= 11 is -3.67. The summed E-state index contributed by atoms with van der Waals surface area (Å²) in [4.78, 5) is 10.9. The average Bonchev–Trinajstić information content (AvgIpc) is 2.47. The van der Waals surface area contributed by atoms with Gasteiger partial charge in [-0.2, -0.15) is 0 Å². The molecule has 0 saturated carbocycles. The summed E-state index contributed by atoms with van der Waals surface area (Å²) in [5.41, 5.74) is -1.04. The van der Waals surface area contributed by atoms with E-state index in [1.807, 2.05) is 0 Å². The van der Waals surface area contributed by atoms with Gasteiger partial charge in [0.1, 0.15) is 0 Å². The number of carbonyl (C=O) groups excluding carboxylic acids is 1. The molecule has 0 aliphatic carbocycles. The molecule has 1 aromatic carbocycles. The van der Waals surface area contributed by atoms with Gasteiger partial charge in [0, 0.05) is 0 Å². The van der Waals surface area contributed by atoms with Crippen LogP contribution in [0.5, 0.6) is 0 Å². The van der Waals surface area contributed by atoms with Crippen LogP contribution in [0.25, 0.3) is 0 Å². The van der Waals surface area contributed by atoms with Crippen molar-refractivity contribution in [3.8, 4) is 0 Å². The third-order valence-corrected chi connectivity index (χ3v) is 4.47.